The second-order valence-corrected chi connectivity index (χ2v) is 5.59. The van der Waals surface area contributed by atoms with Gasteiger partial charge in [0.2, 0.25) is 0 Å². The van der Waals surface area contributed by atoms with Crippen molar-refractivity contribution in [1.82, 2.24) is 0 Å². The first-order valence-electron chi connectivity index (χ1n) is 6.02. The average molecular weight is 285 g/mol. The fourth-order valence-electron chi connectivity index (χ4n) is 1.48. The van der Waals surface area contributed by atoms with Crippen LogP contribution < -0.4 is 4.74 Å². The molecular formula is C14H21BrO. The highest BCUT2D eigenvalue weighted by atomic mass is 79.9. The van der Waals surface area contributed by atoms with Crippen LogP contribution in [-0.2, 0) is 0 Å². The van der Waals surface area contributed by atoms with E-state index in [4.69, 9.17) is 4.74 Å². The molecule has 0 saturated heterocycles. The number of hydrogen-bond donors (Lipinski definition) is 0. The van der Waals surface area contributed by atoms with Gasteiger partial charge in [0.1, 0.15) is 5.75 Å². The van der Waals surface area contributed by atoms with Gasteiger partial charge in [-0.05, 0) is 37.3 Å². The Labute approximate surface area is 107 Å². The number of para-hydroxylation sites is 1. The maximum atomic E-state index is 5.63. The Balaban J connectivity index is 2.04. The quantitative estimate of drug-likeness (QED) is 0.523. The van der Waals surface area contributed by atoms with Crippen molar-refractivity contribution in [2.45, 2.75) is 37.9 Å². The second kappa shape index (κ2) is 7.72. The minimum absolute atomic E-state index is 0.643. The Bertz CT molecular complexity index is 271. The highest BCUT2D eigenvalue weighted by Gasteiger charge is 2.07. The Kier molecular flexibility index (Phi) is 6.55. The zero-order valence-corrected chi connectivity index (χ0v) is 11.7. The Hall–Kier alpha value is -0.500. The van der Waals surface area contributed by atoms with Crippen molar-refractivity contribution in [2.75, 3.05) is 6.61 Å². The largest absolute Gasteiger partial charge is 0.494 e. The summed E-state index contributed by atoms with van der Waals surface area (Å²) >= 11 is 3.70. The van der Waals surface area contributed by atoms with Crippen molar-refractivity contribution in [2.24, 2.45) is 5.92 Å². The molecule has 1 rings (SSSR count). The van der Waals surface area contributed by atoms with E-state index in [1.165, 1.54) is 12.8 Å². The lowest BCUT2D eigenvalue weighted by atomic mass is 10.1. The molecule has 0 aliphatic rings. The topological polar surface area (TPSA) is 9.23 Å². The van der Waals surface area contributed by atoms with Crippen LogP contribution in [0.3, 0.4) is 0 Å². The molecule has 0 N–H and O–H groups in total. The maximum Gasteiger partial charge on any atom is 0.119 e. The molecule has 1 aromatic rings. The third-order valence-corrected chi connectivity index (χ3v) is 4.12. The zero-order valence-electron chi connectivity index (χ0n) is 10.2. The Morgan fingerprint density at radius 2 is 1.81 bits per heavy atom. The monoisotopic (exact) mass is 284 g/mol. The van der Waals surface area contributed by atoms with Crippen LogP contribution in [0.4, 0.5) is 0 Å². The van der Waals surface area contributed by atoms with E-state index in [-0.39, 0.29) is 0 Å². The average Bonchev–Trinajstić information content (AvgIpc) is 2.29. The van der Waals surface area contributed by atoms with Crippen molar-refractivity contribution in [3.63, 3.8) is 0 Å². The summed E-state index contributed by atoms with van der Waals surface area (Å²) < 4.78 is 5.63. The van der Waals surface area contributed by atoms with Crippen molar-refractivity contribution in [3.8, 4) is 5.75 Å². The zero-order chi connectivity index (χ0) is 11.8. The van der Waals surface area contributed by atoms with Crippen LogP contribution in [-0.4, -0.2) is 11.4 Å². The molecule has 0 bridgehead atoms. The number of hydrogen-bond acceptors (Lipinski definition) is 1. The molecule has 0 radical (unpaired) electrons. The van der Waals surface area contributed by atoms with Gasteiger partial charge in [0.15, 0.2) is 0 Å². The van der Waals surface area contributed by atoms with Crippen LogP contribution >= 0.6 is 15.9 Å². The number of halogens is 1. The highest BCUT2D eigenvalue weighted by Crippen LogP contribution is 2.18. The van der Waals surface area contributed by atoms with E-state index < -0.39 is 0 Å². The fraction of sp³-hybridized carbons (Fsp3) is 0.571. The SMILES string of the molecule is CC(C)C(Br)CCCCOc1ccccc1. The number of alkyl halides is 1. The first kappa shape index (κ1) is 13.6. The molecule has 0 fully saturated rings. The van der Waals surface area contributed by atoms with Crippen molar-refractivity contribution < 1.29 is 4.74 Å². The second-order valence-electron chi connectivity index (χ2n) is 4.42. The summed E-state index contributed by atoms with van der Waals surface area (Å²) in [5, 5.41) is 0. The Morgan fingerprint density at radius 3 is 2.44 bits per heavy atom. The number of unbranched alkanes of at least 4 members (excludes halogenated alkanes) is 1. The molecule has 0 amide bonds. The summed E-state index contributed by atoms with van der Waals surface area (Å²) in [6.45, 7) is 5.32. The molecule has 90 valence electrons. The van der Waals surface area contributed by atoms with Gasteiger partial charge in [-0.1, -0.05) is 48.0 Å². The van der Waals surface area contributed by atoms with E-state index >= 15 is 0 Å². The molecule has 0 heterocycles. The molecule has 0 aliphatic carbocycles. The molecule has 1 unspecified atom stereocenters. The van der Waals surface area contributed by atoms with Gasteiger partial charge in [0.25, 0.3) is 0 Å². The predicted octanol–water partition coefficient (Wildman–Crippen LogP) is 4.66. The van der Waals surface area contributed by atoms with E-state index in [0.717, 1.165) is 24.7 Å². The summed E-state index contributed by atoms with van der Waals surface area (Å²) in [5.41, 5.74) is 0. The van der Waals surface area contributed by atoms with Crippen LogP contribution in [0.25, 0.3) is 0 Å². The van der Waals surface area contributed by atoms with Crippen LogP contribution in [0.5, 0.6) is 5.75 Å². The van der Waals surface area contributed by atoms with Crippen LogP contribution in [0, 0.1) is 5.92 Å². The normalized spacial score (nSPS) is 12.8. The highest BCUT2D eigenvalue weighted by molar-refractivity contribution is 9.09. The van der Waals surface area contributed by atoms with Crippen molar-refractivity contribution >= 4 is 15.9 Å². The molecular weight excluding hydrogens is 264 g/mol. The first-order valence-corrected chi connectivity index (χ1v) is 6.93. The van der Waals surface area contributed by atoms with Gasteiger partial charge in [-0.15, -0.1) is 0 Å². The summed E-state index contributed by atoms with van der Waals surface area (Å²) in [6.07, 6.45) is 3.58. The van der Waals surface area contributed by atoms with Crippen LogP contribution in [0.2, 0.25) is 0 Å². The fourth-order valence-corrected chi connectivity index (χ4v) is 1.81. The summed E-state index contributed by atoms with van der Waals surface area (Å²) in [4.78, 5) is 0.643. The molecule has 2 heteroatoms. The number of ether oxygens (including phenoxy) is 1. The lowest BCUT2D eigenvalue weighted by Gasteiger charge is -2.13. The molecule has 0 spiro atoms. The van der Waals surface area contributed by atoms with Gasteiger partial charge in [0.05, 0.1) is 6.61 Å². The lowest BCUT2D eigenvalue weighted by Crippen LogP contribution is -2.07. The standard InChI is InChI=1S/C14H21BrO/c1-12(2)14(15)10-6-7-11-16-13-8-4-3-5-9-13/h3-5,8-9,12,14H,6-7,10-11H2,1-2H3. The van der Waals surface area contributed by atoms with E-state index in [0.29, 0.717) is 4.83 Å². The summed E-state index contributed by atoms with van der Waals surface area (Å²) in [7, 11) is 0. The Morgan fingerprint density at radius 1 is 1.12 bits per heavy atom. The van der Waals surface area contributed by atoms with Gasteiger partial charge < -0.3 is 4.74 Å². The van der Waals surface area contributed by atoms with Crippen LogP contribution in [0.15, 0.2) is 30.3 Å². The van der Waals surface area contributed by atoms with Gasteiger partial charge in [-0.3, -0.25) is 0 Å². The van der Waals surface area contributed by atoms with E-state index in [2.05, 4.69) is 29.8 Å². The summed E-state index contributed by atoms with van der Waals surface area (Å²) in [5.74, 6) is 1.69. The maximum absolute atomic E-state index is 5.63. The van der Waals surface area contributed by atoms with Gasteiger partial charge in [-0.2, -0.15) is 0 Å². The van der Waals surface area contributed by atoms with E-state index in [1.807, 2.05) is 30.3 Å². The molecule has 0 aliphatic heterocycles. The predicted molar refractivity (Wildman–Crippen MR) is 73.3 cm³/mol. The van der Waals surface area contributed by atoms with Crippen LogP contribution in [0.1, 0.15) is 33.1 Å². The molecule has 0 saturated carbocycles. The smallest absolute Gasteiger partial charge is 0.119 e. The van der Waals surface area contributed by atoms with Crippen molar-refractivity contribution in [1.29, 1.82) is 0 Å². The third kappa shape index (κ3) is 5.55. The van der Waals surface area contributed by atoms with Gasteiger partial charge in [0, 0.05) is 4.83 Å². The molecule has 16 heavy (non-hydrogen) atoms. The molecule has 1 nitrogen and oxygen atoms in total. The van der Waals surface area contributed by atoms with Gasteiger partial charge in [-0.25, -0.2) is 0 Å². The first-order chi connectivity index (χ1) is 7.70. The van der Waals surface area contributed by atoms with Gasteiger partial charge >= 0.3 is 0 Å². The minimum Gasteiger partial charge on any atom is -0.494 e. The molecule has 1 atom stereocenters. The third-order valence-electron chi connectivity index (χ3n) is 2.61. The minimum atomic E-state index is 0.643. The number of rotatable bonds is 7. The number of benzene rings is 1. The van der Waals surface area contributed by atoms with E-state index in [9.17, 15) is 0 Å². The van der Waals surface area contributed by atoms with E-state index in [1.54, 1.807) is 0 Å². The lowest BCUT2D eigenvalue weighted by molar-refractivity contribution is 0.304. The summed E-state index contributed by atoms with van der Waals surface area (Å²) in [6, 6.07) is 10.0. The molecule has 0 aromatic heterocycles. The molecule has 1 aromatic carbocycles. The van der Waals surface area contributed by atoms with Crippen molar-refractivity contribution in [3.05, 3.63) is 30.3 Å².